The van der Waals surface area contributed by atoms with E-state index < -0.39 is 16.1 Å². The van der Waals surface area contributed by atoms with Crippen molar-refractivity contribution >= 4 is 10.0 Å². The molecule has 6 nitrogen and oxygen atoms in total. The van der Waals surface area contributed by atoms with Crippen molar-refractivity contribution in [1.29, 1.82) is 0 Å². The lowest BCUT2D eigenvalue weighted by atomic mass is 10.1. The van der Waals surface area contributed by atoms with Gasteiger partial charge in [0, 0.05) is 12.5 Å². The largest absolute Gasteiger partial charge is 0.395 e. The van der Waals surface area contributed by atoms with Gasteiger partial charge in [0.05, 0.1) is 12.8 Å². The number of aliphatic hydroxyl groups excluding tert-OH is 1. The van der Waals surface area contributed by atoms with E-state index in [1.807, 2.05) is 20.8 Å². The van der Waals surface area contributed by atoms with Crippen molar-refractivity contribution in [1.82, 2.24) is 14.7 Å². The van der Waals surface area contributed by atoms with E-state index >= 15 is 0 Å². The van der Waals surface area contributed by atoms with Gasteiger partial charge in [0.1, 0.15) is 5.82 Å². The summed E-state index contributed by atoms with van der Waals surface area (Å²) < 4.78 is 26.3. The molecule has 0 amide bonds. The fraction of sp³-hybridized carbons (Fsp3) is 0.700. The van der Waals surface area contributed by atoms with Gasteiger partial charge in [0.15, 0.2) is 5.03 Å². The second-order valence-corrected chi connectivity index (χ2v) is 5.88. The minimum atomic E-state index is -3.63. The molecule has 0 fully saturated rings. The summed E-state index contributed by atoms with van der Waals surface area (Å²) in [6, 6.07) is -0.492. The Labute approximate surface area is 102 Å². The normalized spacial score (nSPS) is 14.2. The van der Waals surface area contributed by atoms with Gasteiger partial charge in [-0.2, -0.15) is 0 Å². The number of hydrogen-bond acceptors (Lipinski definition) is 4. The molecule has 3 N–H and O–H groups in total. The molecule has 0 aliphatic heterocycles. The lowest BCUT2D eigenvalue weighted by Gasteiger charge is -2.19. The average Bonchev–Trinajstić information content (AvgIpc) is 2.74. The Morgan fingerprint density at radius 1 is 1.53 bits per heavy atom. The first-order valence-electron chi connectivity index (χ1n) is 5.57. The lowest BCUT2D eigenvalue weighted by Crippen LogP contribution is -2.41. The second kappa shape index (κ2) is 5.61. The lowest BCUT2D eigenvalue weighted by molar-refractivity contribution is 0.227. The molecule has 0 aromatic carbocycles. The van der Waals surface area contributed by atoms with Crippen molar-refractivity contribution in [2.75, 3.05) is 6.61 Å². The van der Waals surface area contributed by atoms with Crippen molar-refractivity contribution in [3.8, 4) is 0 Å². The van der Waals surface area contributed by atoms with Crippen molar-refractivity contribution in [2.24, 2.45) is 5.92 Å². The van der Waals surface area contributed by atoms with E-state index in [9.17, 15) is 8.42 Å². The Bertz CT molecular complexity index is 453. The van der Waals surface area contributed by atoms with Crippen molar-refractivity contribution in [3.63, 3.8) is 0 Å². The molecule has 0 bridgehead atoms. The van der Waals surface area contributed by atoms with Gasteiger partial charge in [-0.25, -0.2) is 18.1 Å². The minimum Gasteiger partial charge on any atom is -0.395 e. The molecule has 0 saturated heterocycles. The summed E-state index contributed by atoms with van der Waals surface area (Å²) in [5.41, 5.74) is 0. The van der Waals surface area contributed by atoms with E-state index in [2.05, 4.69) is 14.7 Å². The highest BCUT2D eigenvalue weighted by atomic mass is 32.2. The highest BCUT2D eigenvalue weighted by Gasteiger charge is 2.23. The van der Waals surface area contributed by atoms with Gasteiger partial charge in [-0.05, 0) is 5.92 Å². The summed E-state index contributed by atoms with van der Waals surface area (Å²) in [6.07, 6.45) is 1.93. The molecule has 1 unspecified atom stereocenters. The van der Waals surface area contributed by atoms with Gasteiger partial charge in [-0.3, -0.25) is 0 Å². The van der Waals surface area contributed by atoms with Crippen LogP contribution in [0.1, 0.15) is 26.6 Å². The zero-order valence-corrected chi connectivity index (χ0v) is 11.1. The van der Waals surface area contributed by atoms with Crippen LogP contribution in [0.15, 0.2) is 11.2 Å². The van der Waals surface area contributed by atoms with Crippen LogP contribution in [0.4, 0.5) is 0 Å². The number of aliphatic hydroxyl groups is 1. The van der Waals surface area contributed by atoms with Crippen LogP contribution in [0.3, 0.4) is 0 Å². The van der Waals surface area contributed by atoms with Crippen LogP contribution in [-0.2, 0) is 16.4 Å². The molecule has 1 heterocycles. The number of H-pyrrole nitrogens is 1. The van der Waals surface area contributed by atoms with E-state index in [4.69, 9.17) is 5.11 Å². The quantitative estimate of drug-likeness (QED) is 0.685. The molecule has 1 rings (SSSR count). The molecule has 0 aliphatic rings. The number of sulfonamides is 1. The maximum absolute atomic E-state index is 11.9. The molecule has 0 aliphatic carbocycles. The predicted molar refractivity (Wildman–Crippen MR) is 64.0 cm³/mol. The van der Waals surface area contributed by atoms with Crippen LogP contribution >= 0.6 is 0 Å². The van der Waals surface area contributed by atoms with E-state index in [1.54, 1.807) is 0 Å². The first kappa shape index (κ1) is 14.1. The molecule has 1 aromatic heterocycles. The van der Waals surface area contributed by atoms with Crippen molar-refractivity contribution < 1.29 is 13.5 Å². The molecule has 7 heteroatoms. The summed E-state index contributed by atoms with van der Waals surface area (Å²) in [7, 11) is -3.63. The second-order valence-electron chi connectivity index (χ2n) is 4.20. The number of hydrogen-bond donors (Lipinski definition) is 3. The zero-order chi connectivity index (χ0) is 13.1. The van der Waals surface area contributed by atoms with Crippen LogP contribution in [0.5, 0.6) is 0 Å². The summed E-state index contributed by atoms with van der Waals surface area (Å²) >= 11 is 0. The summed E-state index contributed by atoms with van der Waals surface area (Å²) in [5, 5.41) is 9.14. The summed E-state index contributed by atoms with van der Waals surface area (Å²) in [6.45, 7) is 5.33. The third kappa shape index (κ3) is 3.52. The maximum Gasteiger partial charge on any atom is 0.257 e. The van der Waals surface area contributed by atoms with Gasteiger partial charge in [0.25, 0.3) is 10.0 Å². The molecule has 98 valence electrons. The summed E-state index contributed by atoms with van der Waals surface area (Å²) in [4.78, 5) is 6.67. The Hall–Kier alpha value is -0.920. The summed E-state index contributed by atoms with van der Waals surface area (Å²) in [5.74, 6) is 0.638. The average molecular weight is 261 g/mol. The van der Waals surface area contributed by atoms with E-state index in [1.165, 1.54) is 6.20 Å². The third-order valence-corrected chi connectivity index (χ3v) is 3.94. The van der Waals surface area contributed by atoms with Crippen LogP contribution in [0, 0.1) is 5.92 Å². The first-order chi connectivity index (χ1) is 7.90. The van der Waals surface area contributed by atoms with Gasteiger partial charge < -0.3 is 10.1 Å². The van der Waals surface area contributed by atoms with Gasteiger partial charge in [-0.1, -0.05) is 20.8 Å². The van der Waals surface area contributed by atoms with Gasteiger partial charge in [-0.15, -0.1) is 0 Å². The Balaban J connectivity index is 2.88. The topological polar surface area (TPSA) is 95.1 Å². The first-order valence-corrected chi connectivity index (χ1v) is 7.06. The fourth-order valence-corrected chi connectivity index (χ4v) is 2.62. The van der Waals surface area contributed by atoms with Gasteiger partial charge >= 0.3 is 0 Å². The number of aryl methyl sites for hydroxylation is 1. The number of imidazole rings is 1. The number of aromatic nitrogens is 2. The molecule has 1 atom stereocenters. The Morgan fingerprint density at radius 2 is 2.18 bits per heavy atom. The number of nitrogens with one attached hydrogen (secondary N) is 2. The van der Waals surface area contributed by atoms with Gasteiger partial charge in [0.2, 0.25) is 0 Å². The van der Waals surface area contributed by atoms with Crippen LogP contribution in [0.2, 0.25) is 0 Å². The van der Waals surface area contributed by atoms with Crippen molar-refractivity contribution in [3.05, 3.63) is 12.0 Å². The number of rotatable bonds is 6. The third-order valence-electron chi connectivity index (χ3n) is 2.54. The van der Waals surface area contributed by atoms with Crippen molar-refractivity contribution in [2.45, 2.75) is 38.3 Å². The smallest absolute Gasteiger partial charge is 0.257 e. The Morgan fingerprint density at radius 3 is 2.59 bits per heavy atom. The zero-order valence-electron chi connectivity index (χ0n) is 10.3. The highest BCUT2D eigenvalue weighted by Crippen LogP contribution is 2.09. The Kier molecular flexibility index (Phi) is 4.67. The molecule has 0 spiro atoms. The predicted octanol–water partition coefficient (Wildman–Crippen LogP) is 0.267. The van der Waals surface area contributed by atoms with Crippen LogP contribution in [0.25, 0.3) is 0 Å². The monoisotopic (exact) mass is 261 g/mol. The molecular formula is C10H19N3O3S. The standard InChI is InChI=1S/C10H19N3O3S/c1-4-9-11-5-10(12-9)17(15,16)13-8(6-14)7(2)3/h5,7-8,13-14H,4,6H2,1-3H3,(H,11,12). The molecule has 17 heavy (non-hydrogen) atoms. The number of nitrogens with zero attached hydrogens (tertiary/aromatic N) is 1. The van der Waals surface area contributed by atoms with E-state index in [0.717, 1.165) is 0 Å². The fourth-order valence-electron chi connectivity index (χ4n) is 1.31. The van der Waals surface area contributed by atoms with Crippen LogP contribution in [-0.4, -0.2) is 36.1 Å². The molecular weight excluding hydrogens is 242 g/mol. The molecule has 0 radical (unpaired) electrons. The highest BCUT2D eigenvalue weighted by molar-refractivity contribution is 7.89. The molecule has 1 aromatic rings. The van der Waals surface area contributed by atoms with E-state index in [0.29, 0.717) is 12.2 Å². The number of aromatic amines is 1. The van der Waals surface area contributed by atoms with E-state index in [-0.39, 0.29) is 17.6 Å². The SMILES string of the molecule is CCc1ncc(S(=O)(=O)NC(CO)C(C)C)[nH]1. The van der Waals surface area contributed by atoms with Crippen LogP contribution < -0.4 is 4.72 Å². The molecule has 0 saturated carbocycles. The minimum absolute atomic E-state index is 0.0170. The maximum atomic E-state index is 11.9.